The van der Waals surface area contributed by atoms with Gasteiger partial charge in [-0.25, -0.2) is 4.98 Å². The molecule has 0 N–H and O–H groups in total. The summed E-state index contributed by atoms with van der Waals surface area (Å²) in [5.41, 5.74) is 2.85. The monoisotopic (exact) mass is 247 g/mol. The highest BCUT2D eigenvalue weighted by Crippen LogP contribution is 2.30. The SMILES string of the molecule is CCC(C)(C)c1cnc2c(c1)CCCCCCO2. The van der Waals surface area contributed by atoms with Crippen molar-refractivity contribution in [2.45, 2.75) is 64.7 Å². The van der Waals surface area contributed by atoms with Gasteiger partial charge >= 0.3 is 0 Å². The van der Waals surface area contributed by atoms with E-state index in [0.717, 1.165) is 31.7 Å². The number of aryl methyl sites for hydroxylation is 1. The van der Waals surface area contributed by atoms with E-state index in [1.54, 1.807) is 0 Å². The molecule has 2 heterocycles. The molecule has 100 valence electrons. The minimum Gasteiger partial charge on any atom is -0.477 e. The quantitative estimate of drug-likeness (QED) is 0.779. The van der Waals surface area contributed by atoms with Crippen LogP contribution in [0.5, 0.6) is 5.88 Å². The molecule has 0 aliphatic carbocycles. The Hall–Kier alpha value is -1.05. The predicted octanol–water partition coefficient (Wildman–Crippen LogP) is 4.26. The second-order valence-electron chi connectivity index (χ2n) is 5.94. The summed E-state index contributed by atoms with van der Waals surface area (Å²) >= 11 is 0. The van der Waals surface area contributed by atoms with Crippen molar-refractivity contribution >= 4 is 0 Å². The first-order valence-corrected chi connectivity index (χ1v) is 7.25. The minimum absolute atomic E-state index is 0.209. The summed E-state index contributed by atoms with van der Waals surface area (Å²) in [6, 6.07) is 2.32. The molecule has 2 heteroatoms. The topological polar surface area (TPSA) is 22.1 Å². The Balaban J connectivity index is 2.28. The van der Waals surface area contributed by atoms with Crippen molar-refractivity contribution in [3.8, 4) is 5.88 Å². The van der Waals surface area contributed by atoms with Crippen LogP contribution in [0.3, 0.4) is 0 Å². The summed E-state index contributed by atoms with van der Waals surface area (Å²) in [5.74, 6) is 0.868. The number of hydrogen-bond donors (Lipinski definition) is 0. The molecule has 0 aromatic carbocycles. The lowest BCUT2D eigenvalue weighted by Crippen LogP contribution is -2.16. The Kier molecular flexibility index (Phi) is 4.26. The maximum Gasteiger partial charge on any atom is 0.216 e. The largest absolute Gasteiger partial charge is 0.477 e. The van der Waals surface area contributed by atoms with E-state index in [9.17, 15) is 0 Å². The zero-order chi connectivity index (χ0) is 13.0. The van der Waals surface area contributed by atoms with Crippen molar-refractivity contribution in [2.24, 2.45) is 0 Å². The summed E-state index contributed by atoms with van der Waals surface area (Å²) in [4.78, 5) is 4.55. The molecule has 1 aliphatic heterocycles. The van der Waals surface area contributed by atoms with Crippen LogP contribution in [0.4, 0.5) is 0 Å². The minimum atomic E-state index is 0.209. The third kappa shape index (κ3) is 3.04. The van der Waals surface area contributed by atoms with Crippen LogP contribution in [-0.4, -0.2) is 11.6 Å². The van der Waals surface area contributed by atoms with Crippen molar-refractivity contribution in [3.05, 3.63) is 23.4 Å². The summed E-state index contributed by atoms with van der Waals surface area (Å²) in [6.45, 7) is 7.62. The van der Waals surface area contributed by atoms with Crippen LogP contribution in [-0.2, 0) is 11.8 Å². The molecule has 2 rings (SSSR count). The first kappa shape index (κ1) is 13.4. The molecular weight excluding hydrogens is 222 g/mol. The Bertz CT molecular complexity index is 398. The zero-order valence-corrected chi connectivity index (χ0v) is 12.0. The third-order valence-electron chi connectivity index (χ3n) is 4.17. The number of aromatic nitrogens is 1. The molecule has 0 saturated carbocycles. The van der Waals surface area contributed by atoms with E-state index in [1.165, 1.54) is 30.4 Å². The Morgan fingerprint density at radius 1 is 1.22 bits per heavy atom. The fourth-order valence-electron chi connectivity index (χ4n) is 2.32. The molecule has 0 saturated heterocycles. The molecule has 0 radical (unpaired) electrons. The summed E-state index contributed by atoms with van der Waals surface area (Å²) < 4.78 is 5.80. The van der Waals surface area contributed by atoms with Crippen molar-refractivity contribution < 1.29 is 4.74 Å². The molecule has 1 aromatic heterocycles. The van der Waals surface area contributed by atoms with E-state index in [0.29, 0.717) is 0 Å². The van der Waals surface area contributed by atoms with Crippen LogP contribution >= 0.6 is 0 Å². The van der Waals surface area contributed by atoms with Crippen molar-refractivity contribution in [3.63, 3.8) is 0 Å². The van der Waals surface area contributed by atoms with Crippen LogP contribution in [0.25, 0.3) is 0 Å². The van der Waals surface area contributed by atoms with E-state index < -0.39 is 0 Å². The molecule has 1 aliphatic rings. The third-order valence-corrected chi connectivity index (χ3v) is 4.17. The average Bonchev–Trinajstić information content (AvgIpc) is 2.49. The van der Waals surface area contributed by atoms with Crippen LogP contribution < -0.4 is 4.74 Å². The Morgan fingerprint density at radius 3 is 2.78 bits per heavy atom. The van der Waals surface area contributed by atoms with Crippen LogP contribution in [0.2, 0.25) is 0 Å². The van der Waals surface area contributed by atoms with Gasteiger partial charge in [-0.1, -0.05) is 33.6 Å². The van der Waals surface area contributed by atoms with Gasteiger partial charge in [0, 0.05) is 11.8 Å². The van der Waals surface area contributed by atoms with Gasteiger partial charge in [0.05, 0.1) is 6.61 Å². The molecule has 0 spiro atoms. The lowest BCUT2D eigenvalue weighted by atomic mass is 9.82. The van der Waals surface area contributed by atoms with Gasteiger partial charge in [0.25, 0.3) is 0 Å². The van der Waals surface area contributed by atoms with E-state index in [4.69, 9.17) is 4.74 Å². The van der Waals surface area contributed by atoms with Gasteiger partial charge in [-0.05, 0) is 42.7 Å². The number of nitrogens with zero attached hydrogens (tertiary/aromatic N) is 1. The van der Waals surface area contributed by atoms with Gasteiger partial charge in [-0.15, -0.1) is 0 Å². The molecule has 0 amide bonds. The number of fused-ring (bicyclic) bond motifs is 1. The standard InChI is InChI=1S/C16H25NO/c1-4-16(2,3)14-11-13-9-7-5-6-8-10-18-15(13)17-12-14/h11-12H,4-10H2,1-3H3. The number of pyridine rings is 1. The fourth-order valence-corrected chi connectivity index (χ4v) is 2.32. The molecule has 0 bridgehead atoms. The van der Waals surface area contributed by atoms with E-state index in [2.05, 4.69) is 31.8 Å². The lowest BCUT2D eigenvalue weighted by Gasteiger charge is -2.24. The molecule has 0 unspecified atom stereocenters. The van der Waals surface area contributed by atoms with Crippen molar-refractivity contribution in [2.75, 3.05) is 6.61 Å². The van der Waals surface area contributed by atoms with Crippen LogP contribution in [0.1, 0.15) is 64.0 Å². The first-order valence-electron chi connectivity index (χ1n) is 7.25. The molecule has 2 nitrogen and oxygen atoms in total. The molecule has 18 heavy (non-hydrogen) atoms. The van der Waals surface area contributed by atoms with Crippen molar-refractivity contribution in [1.29, 1.82) is 0 Å². The highest BCUT2D eigenvalue weighted by Gasteiger charge is 2.20. The van der Waals surface area contributed by atoms with E-state index in [1.807, 2.05) is 6.20 Å². The fraction of sp³-hybridized carbons (Fsp3) is 0.688. The Morgan fingerprint density at radius 2 is 2.00 bits per heavy atom. The summed E-state index contributed by atoms with van der Waals surface area (Å²) in [5, 5.41) is 0. The van der Waals surface area contributed by atoms with E-state index in [-0.39, 0.29) is 5.41 Å². The van der Waals surface area contributed by atoms with Gasteiger partial charge in [0.1, 0.15) is 0 Å². The average molecular weight is 247 g/mol. The maximum absolute atomic E-state index is 5.80. The smallest absolute Gasteiger partial charge is 0.216 e. The number of hydrogen-bond acceptors (Lipinski definition) is 2. The van der Waals surface area contributed by atoms with E-state index >= 15 is 0 Å². The van der Waals surface area contributed by atoms with Gasteiger partial charge in [-0.2, -0.15) is 0 Å². The highest BCUT2D eigenvalue weighted by atomic mass is 16.5. The van der Waals surface area contributed by atoms with Gasteiger partial charge in [-0.3, -0.25) is 0 Å². The number of rotatable bonds is 2. The maximum atomic E-state index is 5.80. The summed E-state index contributed by atoms with van der Waals surface area (Å²) in [7, 11) is 0. The van der Waals surface area contributed by atoms with Crippen molar-refractivity contribution in [1.82, 2.24) is 4.98 Å². The molecule has 0 atom stereocenters. The first-order chi connectivity index (χ1) is 8.63. The summed E-state index contributed by atoms with van der Waals surface area (Å²) in [6.07, 6.45) is 9.24. The highest BCUT2D eigenvalue weighted by molar-refractivity contribution is 5.33. The van der Waals surface area contributed by atoms with Gasteiger partial charge in [0.15, 0.2) is 0 Å². The molecular formula is C16H25NO. The molecule has 1 aromatic rings. The molecule has 0 fully saturated rings. The van der Waals surface area contributed by atoms with Gasteiger partial charge in [0.2, 0.25) is 5.88 Å². The van der Waals surface area contributed by atoms with Crippen LogP contribution in [0, 0.1) is 0 Å². The number of ether oxygens (including phenoxy) is 1. The second kappa shape index (κ2) is 5.73. The zero-order valence-electron chi connectivity index (χ0n) is 12.0. The normalized spacial score (nSPS) is 17.1. The van der Waals surface area contributed by atoms with Crippen LogP contribution in [0.15, 0.2) is 12.3 Å². The second-order valence-corrected chi connectivity index (χ2v) is 5.94. The predicted molar refractivity (Wildman–Crippen MR) is 75.2 cm³/mol. The lowest BCUT2D eigenvalue weighted by molar-refractivity contribution is 0.294. The van der Waals surface area contributed by atoms with Gasteiger partial charge < -0.3 is 4.74 Å². The Labute approximate surface area is 111 Å².